The van der Waals surface area contributed by atoms with Gasteiger partial charge < -0.3 is 18.9 Å². The van der Waals surface area contributed by atoms with Crippen molar-refractivity contribution in [3.05, 3.63) is 0 Å². The predicted molar refractivity (Wildman–Crippen MR) is 49.1 cm³/mol. The average molecular weight is 221 g/mol. The highest BCUT2D eigenvalue weighted by atomic mass is 16.7. The van der Waals surface area contributed by atoms with Crippen LogP contribution in [0.5, 0.6) is 0 Å². The van der Waals surface area contributed by atoms with Crippen molar-refractivity contribution in [1.29, 1.82) is 0 Å². The fraction of sp³-hybridized carbons (Fsp3) is 0.750. The number of imide groups is 1. The van der Waals surface area contributed by atoms with Gasteiger partial charge in [-0.2, -0.15) is 4.90 Å². The first kappa shape index (κ1) is 13.7. The number of methoxy groups -OCH3 is 3. The Hall–Kier alpha value is -1.34. The Morgan fingerprint density at radius 2 is 1.60 bits per heavy atom. The molecule has 0 aromatic heterocycles. The quantitative estimate of drug-likeness (QED) is 0.653. The molecular weight excluding hydrogens is 206 g/mol. The summed E-state index contributed by atoms with van der Waals surface area (Å²) in [4.78, 5) is 22.9. The molecule has 0 bridgehead atoms. The van der Waals surface area contributed by atoms with Crippen LogP contribution in [0, 0.1) is 0 Å². The molecule has 1 unspecified atom stereocenters. The number of ether oxygens (including phenoxy) is 4. The molecule has 0 fully saturated rings. The first-order valence-electron chi connectivity index (χ1n) is 4.14. The molecule has 0 aliphatic heterocycles. The van der Waals surface area contributed by atoms with Gasteiger partial charge in [0.1, 0.15) is 6.73 Å². The van der Waals surface area contributed by atoms with Gasteiger partial charge in [0.25, 0.3) is 0 Å². The molecular formula is C8H15NO6. The number of amides is 2. The summed E-state index contributed by atoms with van der Waals surface area (Å²) in [5.74, 6) is 0. The van der Waals surface area contributed by atoms with Gasteiger partial charge in [0.05, 0.1) is 14.2 Å². The van der Waals surface area contributed by atoms with Gasteiger partial charge in [0.2, 0.25) is 0 Å². The van der Waals surface area contributed by atoms with E-state index in [1.54, 1.807) is 6.92 Å². The second kappa shape index (κ2) is 7.02. The molecule has 2 amide bonds. The van der Waals surface area contributed by atoms with E-state index >= 15 is 0 Å². The zero-order chi connectivity index (χ0) is 11.8. The SMILES string of the molecule is COC(=O)N(COC(C)OC)C(=O)OC. The third kappa shape index (κ3) is 4.61. The van der Waals surface area contributed by atoms with Crippen LogP contribution < -0.4 is 0 Å². The fourth-order valence-corrected chi connectivity index (χ4v) is 0.648. The van der Waals surface area contributed by atoms with E-state index in [-0.39, 0.29) is 6.73 Å². The molecule has 7 heteroatoms. The molecule has 15 heavy (non-hydrogen) atoms. The Morgan fingerprint density at radius 1 is 1.13 bits per heavy atom. The third-order valence-corrected chi connectivity index (χ3v) is 1.56. The van der Waals surface area contributed by atoms with Gasteiger partial charge in [-0.1, -0.05) is 0 Å². The van der Waals surface area contributed by atoms with Crippen LogP contribution in [0.1, 0.15) is 6.92 Å². The molecule has 0 aromatic carbocycles. The number of hydrogen-bond acceptors (Lipinski definition) is 6. The maximum absolute atomic E-state index is 11.1. The Labute approximate surface area is 87.8 Å². The van der Waals surface area contributed by atoms with Crippen LogP contribution in [0.4, 0.5) is 9.59 Å². The highest BCUT2D eigenvalue weighted by Crippen LogP contribution is 2.00. The van der Waals surface area contributed by atoms with Crippen molar-refractivity contribution in [1.82, 2.24) is 4.90 Å². The van der Waals surface area contributed by atoms with Crippen molar-refractivity contribution in [2.24, 2.45) is 0 Å². The number of carbonyl (C=O) groups excluding carboxylic acids is 2. The fourth-order valence-electron chi connectivity index (χ4n) is 0.648. The lowest BCUT2D eigenvalue weighted by atomic mass is 10.7. The van der Waals surface area contributed by atoms with Gasteiger partial charge in [-0.05, 0) is 6.92 Å². The molecule has 88 valence electrons. The average Bonchev–Trinajstić information content (AvgIpc) is 2.27. The summed E-state index contributed by atoms with van der Waals surface area (Å²) in [5, 5.41) is 0. The minimum absolute atomic E-state index is 0.297. The maximum atomic E-state index is 11.1. The van der Waals surface area contributed by atoms with Crippen molar-refractivity contribution in [2.75, 3.05) is 28.1 Å². The standard InChI is InChI=1S/C8H15NO6/c1-6(12-2)15-5-9(7(10)13-3)8(11)14-4/h6H,5H2,1-4H3. The van der Waals surface area contributed by atoms with E-state index in [1.807, 2.05) is 0 Å². The van der Waals surface area contributed by atoms with E-state index < -0.39 is 18.5 Å². The summed E-state index contributed by atoms with van der Waals surface area (Å²) in [7, 11) is 3.74. The normalized spacial score (nSPS) is 11.7. The lowest BCUT2D eigenvalue weighted by molar-refractivity contribution is -0.132. The molecule has 0 radical (unpaired) electrons. The molecule has 0 spiro atoms. The second-order valence-electron chi connectivity index (χ2n) is 2.47. The van der Waals surface area contributed by atoms with E-state index in [1.165, 1.54) is 7.11 Å². The van der Waals surface area contributed by atoms with Gasteiger partial charge in [-0.25, -0.2) is 9.59 Å². The van der Waals surface area contributed by atoms with Crippen molar-refractivity contribution < 1.29 is 28.5 Å². The highest BCUT2D eigenvalue weighted by molar-refractivity contribution is 5.87. The number of rotatable bonds is 4. The molecule has 0 heterocycles. The summed E-state index contributed by atoms with van der Waals surface area (Å²) in [6, 6.07) is 0. The van der Waals surface area contributed by atoms with Crippen molar-refractivity contribution in [3.8, 4) is 0 Å². The molecule has 7 nitrogen and oxygen atoms in total. The van der Waals surface area contributed by atoms with Crippen LogP contribution in [0.2, 0.25) is 0 Å². The number of carbonyl (C=O) groups is 2. The third-order valence-electron chi connectivity index (χ3n) is 1.56. The Kier molecular flexibility index (Phi) is 6.39. The minimum Gasteiger partial charge on any atom is -0.452 e. The van der Waals surface area contributed by atoms with Crippen molar-refractivity contribution in [2.45, 2.75) is 13.2 Å². The topological polar surface area (TPSA) is 74.3 Å². The van der Waals surface area contributed by atoms with Gasteiger partial charge >= 0.3 is 12.2 Å². The molecule has 0 saturated heterocycles. The van der Waals surface area contributed by atoms with Crippen LogP contribution in [0.25, 0.3) is 0 Å². The monoisotopic (exact) mass is 221 g/mol. The summed E-state index contributed by atoms with van der Waals surface area (Å²) in [6.07, 6.45) is -2.25. The van der Waals surface area contributed by atoms with Crippen LogP contribution in [-0.2, 0) is 18.9 Å². The molecule has 1 atom stereocenters. The Bertz CT molecular complexity index is 203. The van der Waals surface area contributed by atoms with E-state index in [9.17, 15) is 9.59 Å². The van der Waals surface area contributed by atoms with Gasteiger partial charge in [-0.3, -0.25) is 0 Å². The summed E-state index contributed by atoms with van der Waals surface area (Å²) in [6.45, 7) is 1.32. The zero-order valence-corrected chi connectivity index (χ0v) is 9.18. The Morgan fingerprint density at radius 3 is 1.93 bits per heavy atom. The van der Waals surface area contributed by atoms with Crippen molar-refractivity contribution >= 4 is 12.2 Å². The number of nitrogens with zero attached hydrogens (tertiary/aromatic N) is 1. The first-order chi connectivity index (χ1) is 7.06. The van der Waals surface area contributed by atoms with Gasteiger partial charge in [0, 0.05) is 7.11 Å². The summed E-state index contributed by atoms with van der Waals surface area (Å²) < 4.78 is 18.5. The van der Waals surface area contributed by atoms with Crippen LogP contribution in [-0.4, -0.2) is 51.4 Å². The predicted octanol–water partition coefficient (Wildman–Crippen LogP) is 0.788. The van der Waals surface area contributed by atoms with Crippen LogP contribution in [0.15, 0.2) is 0 Å². The summed E-state index contributed by atoms with van der Waals surface area (Å²) >= 11 is 0. The van der Waals surface area contributed by atoms with Crippen LogP contribution >= 0.6 is 0 Å². The molecule has 0 N–H and O–H groups in total. The second-order valence-corrected chi connectivity index (χ2v) is 2.47. The van der Waals surface area contributed by atoms with E-state index in [4.69, 9.17) is 9.47 Å². The Balaban J connectivity index is 4.25. The van der Waals surface area contributed by atoms with Crippen LogP contribution in [0.3, 0.4) is 0 Å². The lowest BCUT2D eigenvalue weighted by Crippen LogP contribution is -2.39. The summed E-state index contributed by atoms with van der Waals surface area (Å²) in [5.41, 5.74) is 0. The largest absolute Gasteiger partial charge is 0.452 e. The molecule has 0 aliphatic carbocycles. The lowest BCUT2D eigenvalue weighted by Gasteiger charge is -2.19. The van der Waals surface area contributed by atoms with Gasteiger partial charge in [0.15, 0.2) is 6.29 Å². The van der Waals surface area contributed by atoms with Crippen molar-refractivity contribution in [3.63, 3.8) is 0 Å². The first-order valence-corrected chi connectivity index (χ1v) is 4.14. The molecule has 0 aromatic rings. The van der Waals surface area contributed by atoms with E-state index in [2.05, 4.69) is 9.47 Å². The maximum Gasteiger partial charge on any atom is 0.420 e. The molecule has 0 aliphatic rings. The molecule has 0 saturated carbocycles. The van der Waals surface area contributed by atoms with E-state index in [0.29, 0.717) is 4.90 Å². The smallest absolute Gasteiger partial charge is 0.420 e. The number of hydrogen-bond donors (Lipinski definition) is 0. The minimum atomic E-state index is -0.856. The van der Waals surface area contributed by atoms with E-state index in [0.717, 1.165) is 14.2 Å². The highest BCUT2D eigenvalue weighted by Gasteiger charge is 2.23. The van der Waals surface area contributed by atoms with Gasteiger partial charge in [-0.15, -0.1) is 0 Å². The molecule has 0 rings (SSSR count). The zero-order valence-electron chi connectivity index (χ0n) is 9.18.